The summed E-state index contributed by atoms with van der Waals surface area (Å²) in [6.45, 7) is 0.0627. The highest BCUT2D eigenvalue weighted by Crippen LogP contribution is 2.24. The first kappa shape index (κ1) is 16.2. The van der Waals surface area contributed by atoms with Crippen LogP contribution in [0, 0.1) is 0 Å². The van der Waals surface area contributed by atoms with Gasteiger partial charge in [-0.05, 0) is 30.7 Å². The molecule has 6 N–H and O–H groups in total. The second-order valence-corrected chi connectivity index (χ2v) is 5.00. The Hall–Kier alpha value is -1.22. The molecule has 1 fully saturated rings. The number of nitrogens with two attached hydrogens (primary N) is 1. The maximum absolute atomic E-state index is 9.86. The van der Waals surface area contributed by atoms with E-state index in [2.05, 4.69) is 0 Å². The average Bonchev–Trinajstić information content (AvgIpc) is 2.50. The number of ether oxygens (including phenoxy) is 2. The van der Waals surface area contributed by atoms with E-state index in [9.17, 15) is 15.3 Å². The van der Waals surface area contributed by atoms with Gasteiger partial charge in [-0.3, -0.25) is 0 Å². The molecule has 5 atom stereocenters. The second kappa shape index (κ2) is 7.17. The van der Waals surface area contributed by atoms with E-state index in [1.807, 2.05) is 12.1 Å². The summed E-state index contributed by atoms with van der Waals surface area (Å²) >= 11 is 0. The highest BCUT2D eigenvalue weighted by atomic mass is 16.7. The molecular weight excluding hydrogens is 278 g/mol. The number of hydrogen-bond acceptors (Lipinski definition) is 7. The Kier molecular flexibility index (Phi) is 5.51. The van der Waals surface area contributed by atoms with E-state index < -0.39 is 37.3 Å². The lowest BCUT2D eigenvalue weighted by Gasteiger charge is -2.39. The maximum atomic E-state index is 9.86. The van der Waals surface area contributed by atoms with Crippen LogP contribution in [0.3, 0.4) is 0 Å². The van der Waals surface area contributed by atoms with Gasteiger partial charge in [0.05, 0.1) is 6.61 Å². The quantitative estimate of drug-likeness (QED) is 0.442. The Bertz CT molecular complexity index is 438. The minimum atomic E-state index is -1.45. The van der Waals surface area contributed by atoms with Crippen LogP contribution in [-0.4, -0.2) is 64.3 Å². The fourth-order valence-corrected chi connectivity index (χ4v) is 2.20. The molecule has 0 bridgehead atoms. The molecule has 118 valence electrons. The van der Waals surface area contributed by atoms with Gasteiger partial charge in [-0.25, -0.2) is 0 Å². The zero-order valence-electron chi connectivity index (χ0n) is 11.5. The summed E-state index contributed by atoms with van der Waals surface area (Å²) in [5.74, 6) is 0.445. The molecule has 0 spiro atoms. The van der Waals surface area contributed by atoms with Crippen molar-refractivity contribution in [2.75, 3.05) is 13.2 Å². The molecule has 0 amide bonds. The van der Waals surface area contributed by atoms with Gasteiger partial charge in [0, 0.05) is 0 Å². The Morgan fingerprint density at radius 2 is 1.71 bits per heavy atom. The fraction of sp³-hybridized carbons (Fsp3) is 0.571. The van der Waals surface area contributed by atoms with E-state index in [-0.39, 0.29) is 0 Å². The Balaban J connectivity index is 2.03. The van der Waals surface area contributed by atoms with Crippen LogP contribution in [0.5, 0.6) is 5.75 Å². The Morgan fingerprint density at radius 3 is 2.29 bits per heavy atom. The van der Waals surface area contributed by atoms with Crippen LogP contribution in [0.4, 0.5) is 0 Å². The molecule has 7 heteroatoms. The molecule has 0 radical (unpaired) electrons. The summed E-state index contributed by atoms with van der Waals surface area (Å²) < 4.78 is 10.7. The molecule has 7 nitrogen and oxygen atoms in total. The van der Waals surface area contributed by atoms with Gasteiger partial charge in [0.2, 0.25) is 6.29 Å². The minimum Gasteiger partial charge on any atom is -0.462 e. The molecule has 0 unspecified atom stereocenters. The lowest BCUT2D eigenvalue weighted by Crippen LogP contribution is -2.60. The Morgan fingerprint density at radius 1 is 1.05 bits per heavy atom. The lowest BCUT2D eigenvalue weighted by molar-refractivity contribution is -0.277. The van der Waals surface area contributed by atoms with E-state index in [4.69, 9.17) is 20.3 Å². The normalized spacial score (nSPS) is 32.9. The van der Waals surface area contributed by atoms with Crippen LogP contribution in [0.25, 0.3) is 0 Å². The molecule has 1 saturated heterocycles. The van der Waals surface area contributed by atoms with Crippen molar-refractivity contribution in [3.63, 3.8) is 0 Å². The standard InChI is InChI=1S/C14H21NO6/c15-6-5-8-1-3-9(4-2-8)20-14-13(19)12(18)11(17)10(7-16)21-14/h1-4,10-14,16-19H,5-7,15H2/t10-,11-,12+,13-,14-/m1/s1. The van der Waals surface area contributed by atoms with Crippen LogP contribution >= 0.6 is 0 Å². The molecule has 0 aromatic heterocycles. The van der Waals surface area contributed by atoms with E-state index in [1.54, 1.807) is 12.1 Å². The van der Waals surface area contributed by atoms with Crippen LogP contribution in [0.2, 0.25) is 0 Å². The molecular formula is C14H21NO6. The van der Waals surface area contributed by atoms with Gasteiger partial charge < -0.3 is 35.6 Å². The highest BCUT2D eigenvalue weighted by Gasteiger charge is 2.44. The van der Waals surface area contributed by atoms with E-state index >= 15 is 0 Å². The summed E-state index contributed by atoms with van der Waals surface area (Å²) in [6, 6.07) is 7.08. The second-order valence-electron chi connectivity index (χ2n) is 5.00. The van der Waals surface area contributed by atoms with Crippen LogP contribution in [-0.2, 0) is 11.2 Å². The van der Waals surface area contributed by atoms with Crippen LogP contribution < -0.4 is 10.5 Å². The van der Waals surface area contributed by atoms with Crippen molar-refractivity contribution in [1.82, 2.24) is 0 Å². The first-order chi connectivity index (χ1) is 10.1. The Labute approximate surface area is 122 Å². The van der Waals surface area contributed by atoms with E-state index in [1.165, 1.54) is 0 Å². The molecule has 1 aromatic rings. The van der Waals surface area contributed by atoms with Gasteiger partial charge >= 0.3 is 0 Å². The van der Waals surface area contributed by atoms with Crippen molar-refractivity contribution in [2.45, 2.75) is 37.1 Å². The summed E-state index contributed by atoms with van der Waals surface area (Å²) in [5.41, 5.74) is 6.52. The average molecular weight is 299 g/mol. The number of hydrogen-bond donors (Lipinski definition) is 5. The molecule has 0 saturated carbocycles. The summed E-state index contributed by atoms with van der Waals surface area (Å²) in [5, 5.41) is 38.3. The van der Waals surface area contributed by atoms with E-state index in [0.29, 0.717) is 12.3 Å². The van der Waals surface area contributed by atoms with Crippen LogP contribution in [0.1, 0.15) is 5.56 Å². The molecule has 1 aromatic carbocycles. The summed E-state index contributed by atoms with van der Waals surface area (Å²) in [6.07, 6.45) is -5.65. The van der Waals surface area contributed by atoms with E-state index in [0.717, 1.165) is 12.0 Å². The van der Waals surface area contributed by atoms with Crippen molar-refractivity contribution < 1.29 is 29.9 Å². The molecule has 1 aliphatic heterocycles. The van der Waals surface area contributed by atoms with Gasteiger partial charge in [-0.2, -0.15) is 0 Å². The predicted octanol–water partition coefficient (Wildman–Crippen LogP) is -1.63. The topological polar surface area (TPSA) is 125 Å². The van der Waals surface area contributed by atoms with Crippen molar-refractivity contribution in [1.29, 1.82) is 0 Å². The monoisotopic (exact) mass is 299 g/mol. The van der Waals surface area contributed by atoms with Crippen LogP contribution in [0.15, 0.2) is 24.3 Å². The van der Waals surface area contributed by atoms with Crippen molar-refractivity contribution in [3.05, 3.63) is 29.8 Å². The van der Waals surface area contributed by atoms with Crippen molar-refractivity contribution >= 4 is 0 Å². The third kappa shape index (κ3) is 3.70. The van der Waals surface area contributed by atoms with Gasteiger partial charge in [-0.15, -0.1) is 0 Å². The molecule has 21 heavy (non-hydrogen) atoms. The predicted molar refractivity (Wildman–Crippen MR) is 73.6 cm³/mol. The van der Waals surface area contributed by atoms with Crippen molar-refractivity contribution in [2.24, 2.45) is 5.73 Å². The smallest absolute Gasteiger partial charge is 0.229 e. The number of aliphatic hydroxyl groups is 4. The van der Waals surface area contributed by atoms with Gasteiger partial charge in [0.15, 0.2) is 0 Å². The third-order valence-electron chi connectivity index (χ3n) is 3.46. The maximum Gasteiger partial charge on any atom is 0.229 e. The summed E-state index contributed by atoms with van der Waals surface area (Å²) in [4.78, 5) is 0. The van der Waals surface area contributed by atoms with Crippen molar-refractivity contribution in [3.8, 4) is 5.75 Å². The molecule has 2 rings (SSSR count). The molecule has 0 aliphatic carbocycles. The fourth-order valence-electron chi connectivity index (χ4n) is 2.20. The zero-order valence-corrected chi connectivity index (χ0v) is 11.5. The van der Waals surface area contributed by atoms with Gasteiger partial charge in [-0.1, -0.05) is 12.1 Å². The van der Waals surface area contributed by atoms with Gasteiger partial charge in [0.25, 0.3) is 0 Å². The lowest BCUT2D eigenvalue weighted by atomic mass is 9.99. The highest BCUT2D eigenvalue weighted by molar-refractivity contribution is 5.27. The number of aliphatic hydroxyl groups excluding tert-OH is 4. The number of benzene rings is 1. The first-order valence-corrected chi connectivity index (χ1v) is 6.83. The first-order valence-electron chi connectivity index (χ1n) is 6.83. The number of rotatable bonds is 5. The SMILES string of the molecule is NCCc1ccc(O[C@@H]2O[C@H](CO)[C@@H](O)[C@H](O)[C@H]2O)cc1. The largest absolute Gasteiger partial charge is 0.462 e. The molecule has 1 aliphatic rings. The molecule has 1 heterocycles. The zero-order chi connectivity index (χ0) is 15.4. The van der Waals surface area contributed by atoms with Gasteiger partial charge in [0.1, 0.15) is 30.2 Å². The minimum absolute atomic E-state index is 0.445. The summed E-state index contributed by atoms with van der Waals surface area (Å²) in [7, 11) is 0. The third-order valence-corrected chi connectivity index (χ3v) is 3.46.